The Morgan fingerprint density at radius 1 is 1.17 bits per heavy atom. The third kappa shape index (κ3) is 2.67. The van der Waals surface area contributed by atoms with E-state index in [9.17, 15) is 0 Å². The summed E-state index contributed by atoms with van der Waals surface area (Å²) < 4.78 is 1.93. The van der Waals surface area contributed by atoms with E-state index in [1.54, 1.807) is 6.33 Å². The molecule has 24 heavy (non-hydrogen) atoms. The van der Waals surface area contributed by atoms with Crippen molar-refractivity contribution in [3.8, 4) is 0 Å². The minimum absolute atomic E-state index is 0.0771. The Labute approximate surface area is 146 Å². The Kier molecular flexibility index (Phi) is 3.98. The first-order valence-corrected chi connectivity index (χ1v) is 8.63. The van der Waals surface area contributed by atoms with E-state index in [1.165, 1.54) is 11.1 Å². The topological polar surface area (TPSA) is 42.7 Å². The van der Waals surface area contributed by atoms with Crippen LogP contribution >= 0.6 is 11.6 Å². The van der Waals surface area contributed by atoms with Crippen LogP contribution in [0.25, 0.3) is 0 Å². The van der Waals surface area contributed by atoms with Crippen molar-refractivity contribution >= 4 is 17.5 Å². The lowest BCUT2D eigenvalue weighted by atomic mass is 9.93. The van der Waals surface area contributed by atoms with Gasteiger partial charge < -0.3 is 5.32 Å². The third-order valence-corrected chi connectivity index (χ3v) is 5.03. The molecule has 1 aliphatic rings. The van der Waals surface area contributed by atoms with Gasteiger partial charge in [0.1, 0.15) is 6.33 Å². The molecule has 2 aromatic carbocycles. The average molecular weight is 339 g/mol. The van der Waals surface area contributed by atoms with Crippen LogP contribution in [0.15, 0.2) is 54.9 Å². The SMILES string of the molecule is CCc1ccc([C@H]2C[C@@H](c3ccccc3Cl)n3ncnc3N2)cc1. The molecule has 3 aromatic rings. The molecular formula is C19H19ClN4. The summed E-state index contributed by atoms with van der Waals surface area (Å²) in [5, 5.41) is 8.66. The van der Waals surface area contributed by atoms with E-state index in [0.717, 1.165) is 29.4 Å². The Morgan fingerprint density at radius 2 is 1.96 bits per heavy atom. The zero-order valence-corrected chi connectivity index (χ0v) is 14.2. The van der Waals surface area contributed by atoms with Gasteiger partial charge in [-0.3, -0.25) is 0 Å². The van der Waals surface area contributed by atoms with Gasteiger partial charge in [-0.15, -0.1) is 0 Å². The van der Waals surface area contributed by atoms with Crippen LogP contribution in [0.2, 0.25) is 5.02 Å². The normalized spacial score (nSPS) is 19.6. The second-order valence-electron chi connectivity index (χ2n) is 6.09. The molecule has 0 saturated carbocycles. The van der Waals surface area contributed by atoms with Gasteiger partial charge in [0.05, 0.1) is 12.1 Å². The molecule has 4 rings (SSSR count). The summed E-state index contributed by atoms with van der Waals surface area (Å²) in [5.41, 5.74) is 3.70. The van der Waals surface area contributed by atoms with Crippen molar-refractivity contribution in [3.63, 3.8) is 0 Å². The highest BCUT2D eigenvalue weighted by Crippen LogP contribution is 2.39. The first-order chi connectivity index (χ1) is 11.8. The van der Waals surface area contributed by atoms with Crippen LogP contribution in [-0.2, 0) is 6.42 Å². The highest BCUT2D eigenvalue weighted by atomic mass is 35.5. The molecule has 0 fully saturated rings. The number of benzene rings is 2. The van der Waals surface area contributed by atoms with E-state index in [4.69, 9.17) is 11.6 Å². The second-order valence-corrected chi connectivity index (χ2v) is 6.50. The van der Waals surface area contributed by atoms with Gasteiger partial charge in [0, 0.05) is 5.02 Å². The monoisotopic (exact) mass is 338 g/mol. The molecule has 0 aliphatic carbocycles. The predicted octanol–water partition coefficient (Wildman–Crippen LogP) is 4.64. The number of aryl methyl sites for hydroxylation is 1. The standard InChI is InChI=1S/C19H19ClN4/c1-2-13-7-9-14(10-8-13)17-11-18(15-5-3-4-6-16(15)20)24-19(23-17)21-12-22-24/h3-10,12,17-18H,2,11H2,1H3,(H,21,22,23)/t17-,18+/m1/s1. The summed E-state index contributed by atoms with van der Waals surface area (Å²) in [6.45, 7) is 2.17. The second kappa shape index (κ2) is 6.29. The lowest BCUT2D eigenvalue weighted by molar-refractivity contribution is 0.431. The van der Waals surface area contributed by atoms with Crippen LogP contribution in [0.4, 0.5) is 5.95 Å². The molecule has 1 aliphatic heterocycles. The molecule has 1 N–H and O–H groups in total. The lowest BCUT2D eigenvalue weighted by Crippen LogP contribution is -2.28. The summed E-state index contributed by atoms with van der Waals surface area (Å²) in [4.78, 5) is 4.37. The fourth-order valence-corrected chi connectivity index (χ4v) is 3.59. The molecule has 1 aromatic heterocycles. The van der Waals surface area contributed by atoms with Gasteiger partial charge in [-0.05, 0) is 35.6 Å². The molecule has 0 radical (unpaired) electrons. The molecular weight excluding hydrogens is 320 g/mol. The van der Waals surface area contributed by atoms with Crippen molar-refractivity contribution in [2.24, 2.45) is 0 Å². The number of halogens is 1. The number of hydrogen-bond donors (Lipinski definition) is 1. The fraction of sp³-hybridized carbons (Fsp3) is 0.263. The first-order valence-electron chi connectivity index (χ1n) is 8.25. The third-order valence-electron chi connectivity index (χ3n) is 4.69. The Bertz CT molecular complexity index is 841. The van der Waals surface area contributed by atoms with E-state index in [1.807, 2.05) is 22.9 Å². The zero-order valence-electron chi connectivity index (χ0n) is 13.5. The van der Waals surface area contributed by atoms with Crippen molar-refractivity contribution in [3.05, 3.63) is 76.6 Å². The summed E-state index contributed by atoms with van der Waals surface area (Å²) in [5.74, 6) is 0.788. The first kappa shape index (κ1) is 15.2. The minimum Gasteiger partial charge on any atom is -0.348 e. The molecule has 0 bridgehead atoms. The summed E-state index contributed by atoms with van der Waals surface area (Å²) >= 11 is 6.44. The summed E-state index contributed by atoms with van der Waals surface area (Å²) in [6.07, 6.45) is 3.52. The van der Waals surface area contributed by atoms with Gasteiger partial charge in [-0.2, -0.15) is 10.1 Å². The maximum atomic E-state index is 6.44. The van der Waals surface area contributed by atoms with Gasteiger partial charge in [0.15, 0.2) is 0 Å². The van der Waals surface area contributed by atoms with Crippen LogP contribution < -0.4 is 5.32 Å². The van der Waals surface area contributed by atoms with E-state index in [-0.39, 0.29) is 12.1 Å². The number of rotatable bonds is 3. The predicted molar refractivity (Wildman–Crippen MR) is 96.4 cm³/mol. The molecule has 0 saturated heterocycles. The molecule has 0 amide bonds. The van der Waals surface area contributed by atoms with E-state index < -0.39 is 0 Å². The molecule has 0 unspecified atom stereocenters. The lowest BCUT2D eigenvalue weighted by Gasteiger charge is -2.32. The molecule has 5 heteroatoms. The van der Waals surface area contributed by atoms with Crippen molar-refractivity contribution < 1.29 is 0 Å². The van der Waals surface area contributed by atoms with E-state index in [2.05, 4.69) is 52.7 Å². The highest BCUT2D eigenvalue weighted by Gasteiger charge is 2.30. The largest absolute Gasteiger partial charge is 0.348 e. The molecule has 4 nitrogen and oxygen atoms in total. The average Bonchev–Trinajstić information content (AvgIpc) is 3.10. The molecule has 2 atom stereocenters. The molecule has 122 valence electrons. The maximum absolute atomic E-state index is 6.44. The Morgan fingerprint density at radius 3 is 2.71 bits per heavy atom. The number of nitrogens with one attached hydrogen (secondary N) is 1. The quantitative estimate of drug-likeness (QED) is 0.756. The van der Waals surface area contributed by atoms with Gasteiger partial charge in [-0.1, -0.05) is 61.0 Å². The van der Waals surface area contributed by atoms with Gasteiger partial charge in [0.25, 0.3) is 0 Å². The molecule has 0 spiro atoms. The van der Waals surface area contributed by atoms with Crippen LogP contribution in [0.5, 0.6) is 0 Å². The highest BCUT2D eigenvalue weighted by molar-refractivity contribution is 6.31. The van der Waals surface area contributed by atoms with Gasteiger partial charge in [0.2, 0.25) is 5.95 Å². The van der Waals surface area contributed by atoms with Crippen LogP contribution in [-0.4, -0.2) is 14.8 Å². The van der Waals surface area contributed by atoms with Crippen LogP contribution in [0.3, 0.4) is 0 Å². The van der Waals surface area contributed by atoms with Crippen molar-refractivity contribution in [2.75, 3.05) is 5.32 Å². The van der Waals surface area contributed by atoms with Crippen molar-refractivity contribution in [2.45, 2.75) is 31.8 Å². The minimum atomic E-state index is 0.0771. The zero-order chi connectivity index (χ0) is 16.5. The van der Waals surface area contributed by atoms with Crippen LogP contribution in [0, 0.1) is 0 Å². The fourth-order valence-electron chi connectivity index (χ4n) is 3.33. The number of fused-ring (bicyclic) bond motifs is 1. The van der Waals surface area contributed by atoms with E-state index >= 15 is 0 Å². The number of aromatic nitrogens is 3. The van der Waals surface area contributed by atoms with Crippen molar-refractivity contribution in [1.29, 1.82) is 0 Å². The smallest absolute Gasteiger partial charge is 0.222 e. The number of anilines is 1. The van der Waals surface area contributed by atoms with Crippen LogP contribution in [0.1, 0.15) is 42.1 Å². The molecule has 2 heterocycles. The van der Waals surface area contributed by atoms with E-state index in [0.29, 0.717) is 0 Å². The number of nitrogens with zero attached hydrogens (tertiary/aromatic N) is 3. The van der Waals surface area contributed by atoms with Crippen molar-refractivity contribution in [1.82, 2.24) is 14.8 Å². The Hall–Kier alpha value is -2.33. The maximum Gasteiger partial charge on any atom is 0.222 e. The Balaban J connectivity index is 1.72. The number of hydrogen-bond acceptors (Lipinski definition) is 3. The summed E-state index contributed by atoms with van der Waals surface area (Å²) in [6, 6.07) is 17.0. The summed E-state index contributed by atoms with van der Waals surface area (Å²) in [7, 11) is 0. The van der Waals surface area contributed by atoms with Gasteiger partial charge in [-0.25, -0.2) is 4.68 Å². The van der Waals surface area contributed by atoms with Gasteiger partial charge >= 0.3 is 0 Å².